The number of aromatic nitrogens is 4. The van der Waals surface area contributed by atoms with Crippen LogP contribution in [0.5, 0.6) is 5.75 Å². The number of nitrogens with one attached hydrogen (secondary N) is 1. The highest BCUT2D eigenvalue weighted by Crippen LogP contribution is 2.46. The van der Waals surface area contributed by atoms with Crippen molar-refractivity contribution in [2.45, 2.75) is 81.8 Å². The summed E-state index contributed by atoms with van der Waals surface area (Å²) in [6.07, 6.45) is 9.89. The SMILES string of the molecule is C[C@H]1CCN(c2cc(-c3ccccc3O)nnc2N)C[C@H]1c1ccc(C(=O)N2CCC(F)(CN3CCC(n4cc(C5CC5)c5cc(N6CCC(=O)NC6=O)cnc54)CC3)CC2)cc1. The van der Waals surface area contributed by atoms with E-state index in [9.17, 15) is 19.5 Å². The molecule has 15 heteroatoms. The van der Waals surface area contributed by atoms with E-state index in [1.807, 2.05) is 30.3 Å². The number of benzene rings is 2. The maximum Gasteiger partial charge on any atom is 0.328 e. The van der Waals surface area contributed by atoms with E-state index in [1.165, 1.54) is 5.56 Å². The number of anilines is 3. The highest BCUT2D eigenvalue weighted by atomic mass is 19.1. The zero-order valence-electron chi connectivity index (χ0n) is 35.8. The van der Waals surface area contributed by atoms with Gasteiger partial charge >= 0.3 is 6.03 Å². The fourth-order valence-electron chi connectivity index (χ4n) is 10.4. The quantitative estimate of drug-likeness (QED) is 0.140. The standard InChI is InChI=1S/C48H55FN10O4/c1-30-12-20-57(41-25-40(53-54-44(41)50)36-4-2-3-5-42(36)60)27-38(30)31-8-10-33(11-9-31)46(62)56-22-16-48(49,17-23-56)29-55-18-13-34(14-19-55)59-28-39(32-6-7-32)37-24-35(26-51-45(37)59)58-21-15-43(61)52-47(58)63/h2-5,8-11,24-26,28,30,32,34,38,60H,6-7,12-23,27,29H2,1H3,(H2,50,54)(H,52,61,63)/t30-,38+/m0/s1. The van der Waals surface area contributed by atoms with E-state index < -0.39 is 11.7 Å². The van der Waals surface area contributed by atoms with Crippen LogP contribution >= 0.6 is 0 Å². The number of likely N-dealkylation sites (tertiary alicyclic amines) is 2. The minimum atomic E-state index is -1.35. The fourth-order valence-corrected chi connectivity index (χ4v) is 10.4. The molecule has 0 spiro atoms. The molecule has 63 heavy (non-hydrogen) atoms. The fraction of sp³-hybridized carbons (Fsp3) is 0.458. The Morgan fingerprint density at radius 3 is 2.43 bits per heavy atom. The van der Waals surface area contributed by atoms with Crippen molar-refractivity contribution in [1.82, 2.24) is 34.9 Å². The lowest BCUT2D eigenvalue weighted by Gasteiger charge is -2.41. The number of imide groups is 1. The molecule has 10 rings (SSSR count). The predicted octanol–water partition coefficient (Wildman–Crippen LogP) is 7.02. The van der Waals surface area contributed by atoms with Crippen LogP contribution < -0.4 is 20.9 Å². The second kappa shape index (κ2) is 16.6. The maximum atomic E-state index is 16.5. The van der Waals surface area contributed by atoms with Gasteiger partial charge in [0.1, 0.15) is 17.1 Å². The Morgan fingerprint density at radius 1 is 0.937 bits per heavy atom. The van der Waals surface area contributed by atoms with Gasteiger partial charge in [-0.15, -0.1) is 10.2 Å². The number of amides is 4. The van der Waals surface area contributed by atoms with Gasteiger partial charge in [-0.3, -0.25) is 19.8 Å². The Labute approximate surface area is 366 Å². The summed E-state index contributed by atoms with van der Waals surface area (Å²) in [6.45, 7) is 6.84. The molecular weight excluding hydrogens is 800 g/mol. The Morgan fingerprint density at radius 2 is 1.70 bits per heavy atom. The zero-order chi connectivity index (χ0) is 43.4. The number of nitrogens with zero attached hydrogens (tertiary/aromatic N) is 8. The molecule has 0 radical (unpaired) electrons. The van der Waals surface area contributed by atoms with Crippen molar-refractivity contribution in [3.05, 3.63) is 89.7 Å². The molecule has 7 heterocycles. The largest absolute Gasteiger partial charge is 0.507 e. The molecule has 0 unspecified atom stereocenters. The van der Waals surface area contributed by atoms with Gasteiger partial charge in [-0.1, -0.05) is 31.2 Å². The number of halogens is 1. The molecule has 1 saturated carbocycles. The molecule has 5 fully saturated rings. The number of phenolic OH excluding ortho intramolecular Hbond substituents is 1. The summed E-state index contributed by atoms with van der Waals surface area (Å²) >= 11 is 0. The number of aromatic hydroxyl groups is 1. The number of carbonyl (C=O) groups excluding carboxylic acids is 3. The molecule has 4 saturated heterocycles. The van der Waals surface area contributed by atoms with Gasteiger partial charge in [0.15, 0.2) is 5.82 Å². The van der Waals surface area contributed by atoms with E-state index in [4.69, 9.17) is 10.7 Å². The highest BCUT2D eigenvalue weighted by Gasteiger charge is 2.39. The lowest BCUT2D eigenvalue weighted by atomic mass is 9.81. The lowest BCUT2D eigenvalue weighted by Crippen LogP contribution is -2.51. The second-order valence-corrected chi connectivity index (χ2v) is 18.5. The highest BCUT2D eigenvalue weighted by molar-refractivity contribution is 6.06. The first-order chi connectivity index (χ1) is 30.5. The number of rotatable bonds is 9. The number of fused-ring (bicyclic) bond motifs is 1. The Bertz CT molecular complexity index is 2540. The molecule has 14 nitrogen and oxygen atoms in total. The van der Waals surface area contributed by atoms with E-state index in [0.717, 1.165) is 80.6 Å². The Kier molecular flexibility index (Phi) is 10.8. The summed E-state index contributed by atoms with van der Waals surface area (Å²) in [5, 5.41) is 22.4. The molecule has 0 bridgehead atoms. The number of hydrogen-bond donors (Lipinski definition) is 3. The summed E-state index contributed by atoms with van der Waals surface area (Å²) in [5.41, 5.74) is 11.6. The van der Waals surface area contributed by atoms with Crippen LogP contribution in [0.25, 0.3) is 22.3 Å². The number of piperidine rings is 3. The molecule has 328 valence electrons. The lowest BCUT2D eigenvalue weighted by molar-refractivity contribution is -0.120. The third-order valence-corrected chi connectivity index (χ3v) is 14.3. The van der Waals surface area contributed by atoms with Crippen molar-refractivity contribution < 1.29 is 23.9 Å². The first-order valence-electron chi connectivity index (χ1n) is 22.6. The first kappa shape index (κ1) is 41.0. The molecule has 4 amide bonds. The number of nitrogens with two attached hydrogens (primary N) is 1. The van der Waals surface area contributed by atoms with Crippen molar-refractivity contribution in [3.8, 4) is 17.0 Å². The van der Waals surface area contributed by atoms with Crippen molar-refractivity contribution in [1.29, 1.82) is 0 Å². The minimum absolute atomic E-state index is 0.0606. The molecule has 1 aliphatic carbocycles. The maximum absolute atomic E-state index is 16.5. The number of para-hydroxylation sites is 1. The number of carbonyl (C=O) groups is 3. The third kappa shape index (κ3) is 8.18. The number of phenols is 1. The van der Waals surface area contributed by atoms with E-state index in [-0.39, 0.29) is 35.9 Å². The average Bonchev–Trinajstić information content (AvgIpc) is 4.07. The van der Waals surface area contributed by atoms with Gasteiger partial charge < -0.3 is 30.1 Å². The van der Waals surface area contributed by atoms with E-state index in [2.05, 4.69) is 61.2 Å². The number of hydrogen-bond acceptors (Lipinski definition) is 10. The molecule has 5 aromatic rings. The summed E-state index contributed by atoms with van der Waals surface area (Å²) < 4.78 is 18.8. The Hall–Kier alpha value is -6.09. The van der Waals surface area contributed by atoms with Crippen LogP contribution in [0.15, 0.2) is 73.1 Å². The number of nitrogen functional groups attached to an aromatic ring is 1. The van der Waals surface area contributed by atoms with Gasteiger partial charge in [-0.2, -0.15) is 0 Å². The molecule has 2 atom stereocenters. The molecular formula is C48H55FN10O4. The van der Waals surface area contributed by atoms with Crippen LogP contribution in [0.2, 0.25) is 0 Å². The van der Waals surface area contributed by atoms with Gasteiger partial charge in [-0.05, 0) is 91.5 Å². The predicted molar refractivity (Wildman–Crippen MR) is 240 cm³/mol. The van der Waals surface area contributed by atoms with E-state index in [0.29, 0.717) is 79.2 Å². The van der Waals surface area contributed by atoms with Crippen LogP contribution in [-0.2, 0) is 4.79 Å². The van der Waals surface area contributed by atoms with Crippen LogP contribution in [0.3, 0.4) is 0 Å². The second-order valence-electron chi connectivity index (χ2n) is 18.5. The van der Waals surface area contributed by atoms with Crippen LogP contribution in [0.1, 0.15) is 97.7 Å². The molecule has 3 aromatic heterocycles. The molecule has 4 aliphatic heterocycles. The van der Waals surface area contributed by atoms with Crippen LogP contribution in [0.4, 0.5) is 26.4 Å². The zero-order valence-corrected chi connectivity index (χ0v) is 35.8. The summed E-state index contributed by atoms with van der Waals surface area (Å²) in [5.74, 6) is 1.27. The first-order valence-corrected chi connectivity index (χ1v) is 22.6. The number of urea groups is 1. The average molecular weight is 855 g/mol. The van der Waals surface area contributed by atoms with E-state index >= 15 is 4.39 Å². The molecule has 5 aliphatic rings. The topological polar surface area (TPSA) is 166 Å². The number of pyridine rings is 1. The molecule has 2 aromatic carbocycles. The Balaban J connectivity index is 0.735. The van der Waals surface area contributed by atoms with Crippen LogP contribution in [0, 0.1) is 5.92 Å². The minimum Gasteiger partial charge on any atom is -0.507 e. The normalized spacial score (nSPS) is 22.4. The van der Waals surface area contributed by atoms with Crippen molar-refractivity contribution in [2.24, 2.45) is 5.92 Å². The van der Waals surface area contributed by atoms with Gasteiger partial charge in [0.05, 0.1) is 23.3 Å². The van der Waals surface area contributed by atoms with Gasteiger partial charge in [0, 0.05) is 106 Å². The van der Waals surface area contributed by atoms with Gasteiger partial charge in [-0.25, -0.2) is 14.2 Å². The monoisotopic (exact) mass is 854 g/mol. The summed E-state index contributed by atoms with van der Waals surface area (Å²) in [4.78, 5) is 50.8. The van der Waals surface area contributed by atoms with Crippen molar-refractivity contribution in [3.63, 3.8) is 0 Å². The van der Waals surface area contributed by atoms with Crippen LogP contribution in [-0.4, -0.2) is 111 Å². The summed E-state index contributed by atoms with van der Waals surface area (Å²) in [6, 6.07) is 18.8. The van der Waals surface area contributed by atoms with E-state index in [1.54, 1.807) is 28.1 Å². The van der Waals surface area contributed by atoms with Gasteiger partial charge in [0.25, 0.3) is 5.91 Å². The molecule has 4 N–H and O–H groups in total. The van der Waals surface area contributed by atoms with Crippen molar-refractivity contribution in [2.75, 3.05) is 67.9 Å². The van der Waals surface area contributed by atoms with Gasteiger partial charge in [0.2, 0.25) is 5.91 Å². The van der Waals surface area contributed by atoms with Crippen molar-refractivity contribution >= 4 is 46.1 Å². The smallest absolute Gasteiger partial charge is 0.328 e. The summed E-state index contributed by atoms with van der Waals surface area (Å²) in [7, 11) is 0. The third-order valence-electron chi connectivity index (χ3n) is 14.3. The number of alkyl halides is 1.